The molecule has 2 aromatic carbocycles. The molecule has 1 fully saturated rings. The summed E-state index contributed by atoms with van der Waals surface area (Å²) in [5.74, 6) is -0.978. The summed E-state index contributed by atoms with van der Waals surface area (Å²) in [6.45, 7) is 0.793. The predicted octanol–water partition coefficient (Wildman–Crippen LogP) is 3.58. The molecule has 0 unspecified atom stereocenters. The molecule has 0 radical (unpaired) electrons. The van der Waals surface area contributed by atoms with Gasteiger partial charge in [0.15, 0.2) is 0 Å². The van der Waals surface area contributed by atoms with Crippen LogP contribution in [0.4, 0.5) is 14.5 Å². The fraction of sp³-hybridized carbons (Fsp3) is 0.316. The van der Waals surface area contributed by atoms with Crippen molar-refractivity contribution in [3.63, 3.8) is 0 Å². The lowest BCUT2D eigenvalue weighted by molar-refractivity contribution is -0.117. The highest BCUT2D eigenvalue weighted by atomic mass is 19.1. The minimum Gasteiger partial charge on any atom is -0.497 e. The molecule has 0 aromatic heterocycles. The number of halogens is 2. The van der Waals surface area contributed by atoms with Crippen LogP contribution in [0.5, 0.6) is 5.75 Å². The zero-order valence-electron chi connectivity index (χ0n) is 14.0. The van der Waals surface area contributed by atoms with Crippen LogP contribution in [0.1, 0.15) is 18.4 Å². The maximum absolute atomic E-state index is 13.7. The number of nitrogens with one attached hydrogen (secondary N) is 1. The lowest BCUT2D eigenvalue weighted by Crippen LogP contribution is -2.34. The summed E-state index contributed by atoms with van der Waals surface area (Å²) < 4.78 is 31.7. The van der Waals surface area contributed by atoms with Gasteiger partial charge in [-0.2, -0.15) is 0 Å². The number of rotatable bonds is 7. The van der Waals surface area contributed by atoms with Gasteiger partial charge in [0.25, 0.3) is 0 Å². The van der Waals surface area contributed by atoms with Crippen molar-refractivity contribution in [2.75, 3.05) is 19.0 Å². The van der Waals surface area contributed by atoms with Gasteiger partial charge in [-0.15, -0.1) is 0 Å². The van der Waals surface area contributed by atoms with Crippen LogP contribution in [0, 0.1) is 11.6 Å². The molecule has 0 saturated heterocycles. The van der Waals surface area contributed by atoms with Crippen molar-refractivity contribution >= 4 is 11.6 Å². The molecule has 6 heteroatoms. The lowest BCUT2D eigenvalue weighted by Gasteiger charge is -2.21. The van der Waals surface area contributed by atoms with Gasteiger partial charge in [0.05, 0.1) is 19.3 Å². The third-order valence-electron chi connectivity index (χ3n) is 4.16. The molecule has 1 aliphatic rings. The first-order chi connectivity index (χ1) is 12.0. The van der Waals surface area contributed by atoms with Crippen LogP contribution in [0.2, 0.25) is 0 Å². The van der Waals surface area contributed by atoms with Crippen LogP contribution in [0.25, 0.3) is 0 Å². The molecule has 1 N–H and O–H groups in total. The molecule has 0 bridgehead atoms. The van der Waals surface area contributed by atoms with Crippen LogP contribution >= 0.6 is 0 Å². The standard InChI is InChI=1S/C19H20F2N2O2/c1-25-16-7-2-13(3-8-16)11-23(15-5-6-15)12-19(24)22-18-9-4-14(20)10-17(18)21/h2-4,7-10,15H,5-6,11-12H2,1H3,(H,22,24). The molecular weight excluding hydrogens is 326 g/mol. The van der Waals surface area contributed by atoms with E-state index in [1.807, 2.05) is 24.3 Å². The molecule has 0 heterocycles. The van der Waals surface area contributed by atoms with E-state index in [9.17, 15) is 13.6 Å². The molecule has 3 rings (SSSR count). The Bertz CT molecular complexity index is 746. The van der Waals surface area contributed by atoms with E-state index in [4.69, 9.17) is 4.74 Å². The fourth-order valence-corrected chi connectivity index (χ4v) is 2.68. The normalized spacial score (nSPS) is 13.8. The second-order valence-corrected chi connectivity index (χ2v) is 6.16. The highest BCUT2D eigenvalue weighted by Crippen LogP contribution is 2.28. The average Bonchev–Trinajstić information content (AvgIpc) is 3.42. The molecule has 0 spiro atoms. The van der Waals surface area contributed by atoms with Gasteiger partial charge in [0.2, 0.25) is 5.91 Å². The maximum atomic E-state index is 13.7. The minimum atomic E-state index is -0.776. The summed E-state index contributed by atoms with van der Waals surface area (Å²) in [7, 11) is 1.62. The van der Waals surface area contributed by atoms with E-state index in [0.29, 0.717) is 12.6 Å². The number of hydrogen-bond donors (Lipinski definition) is 1. The number of methoxy groups -OCH3 is 1. The minimum absolute atomic E-state index is 0.00778. The Labute approximate surface area is 145 Å². The molecule has 0 aliphatic heterocycles. The van der Waals surface area contributed by atoms with Gasteiger partial charge in [-0.3, -0.25) is 9.69 Å². The first-order valence-electron chi connectivity index (χ1n) is 8.17. The van der Waals surface area contributed by atoms with Crippen molar-refractivity contribution in [1.82, 2.24) is 4.90 Å². The fourth-order valence-electron chi connectivity index (χ4n) is 2.68. The number of amides is 1. The molecule has 4 nitrogen and oxygen atoms in total. The summed E-state index contributed by atoms with van der Waals surface area (Å²) in [4.78, 5) is 14.3. The Morgan fingerprint density at radius 1 is 1.20 bits per heavy atom. The molecule has 0 atom stereocenters. The molecule has 2 aromatic rings. The topological polar surface area (TPSA) is 41.6 Å². The molecule has 25 heavy (non-hydrogen) atoms. The molecule has 1 saturated carbocycles. The smallest absolute Gasteiger partial charge is 0.238 e. The molecule has 1 amide bonds. The van der Waals surface area contributed by atoms with Gasteiger partial charge in [-0.1, -0.05) is 12.1 Å². The summed E-state index contributed by atoms with van der Waals surface area (Å²) in [6, 6.07) is 11.2. The van der Waals surface area contributed by atoms with Crippen molar-refractivity contribution in [2.24, 2.45) is 0 Å². The number of hydrogen-bond acceptors (Lipinski definition) is 3. The highest BCUT2D eigenvalue weighted by molar-refractivity contribution is 5.92. The van der Waals surface area contributed by atoms with E-state index >= 15 is 0 Å². The van der Waals surface area contributed by atoms with Gasteiger partial charge in [0.1, 0.15) is 17.4 Å². The predicted molar refractivity (Wildman–Crippen MR) is 91.4 cm³/mol. The monoisotopic (exact) mass is 346 g/mol. The zero-order valence-corrected chi connectivity index (χ0v) is 14.0. The largest absolute Gasteiger partial charge is 0.497 e. The zero-order chi connectivity index (χ0) is 17.8. The van der Waals surface area contributed by atoms with Crippen molar-refractivity contribution in [3.05, 3.63) is 59.7 Å². The van der Waals surface area contributed by atoms with Gasteiger partial charge in [0, 0.05) is 18.7 Å². The van der Waals surface area contributed by atoms with Gasteiger partial charge >= 0.3 is 0 Å². The second kappa shape index (κ2) is 7.61. The number of benzene rings is 2. The Kier molecular flexibility index (Phi) is 5.28. The number of carbonyl (C=O) groups is 1. The maximum Gasteiger partial charge on any atom is 0.238 e. The number of ether oxygens (including phenoxy) is 1. The highest BCUT2D eigenvalue weighted by Gasteiger charge is 2.30. The Balaban J connectivity index is 1.62. The molecule has 1 aliphatic carbocycles. The van der Waals surface area contributed by atoms with E-state index < -0.39 is 11.6 Å². The number of carbonyl (C=O) groups excluding carboxylic acids is 1. The summed E-state index contributed by atoms with van der Waals surface area (Å²) >= 11 is 0. The SMILES string of the molecule is COc1ccc(CN(CC(=O)Nc2ccc(F)cc2F)C2CC2)cc1. The van der Waals surface area contributed by atoms with Crippen molar-refractivity contribution in [2.45, 2.75) is 25.4 Å². The van der Waals surface area contributed by atoms with Gasteiger partial charge in [-0.25, -0.2) is 8.78 Å². The first kappa shape index (κ1) is 17.4. The molecule has 132 valence electrons. The van der Waals surface area contributed by atoms with Crippen molar-refractivity contribution < 1.29 is 18.3 Å². The van der Waals surface area contributed by atoms with Gasteiger partial charge in [-0.05, 0) is 42.7 Å². The van der Waals surface area contributed by atoms with E-state index in [-0.39, 0.29) is 18.1 Å². The number of anilines is 1. The quantitative estimate of drug-likeness (QED) is 0.833. The second-order valence-electron chi connectivity index (χ2n) is 6.16. The van der Waals surface area contributed by atoms with Crippen molar-refractivity contribution in [3.8, 4) is 5.75 Å². The van der Waals surface area contributed by atoms with Crippen LogP contribution in [-0.4, -0.2) is 30.5 Å². The summed E-state index contributed by atoms with van der Waals surface area (Å²) in [5, 5.41) is 2.51. The Hall–Kier alpha value is -2.47. The Morgan fingerprint density at radius 2 is 1.92 bits per heavy atom. The average molecular weight is 346 g/mol. The van der Waals surface area contributed by atoms with Crippen LogP contribution in [0.15, 0.2) is 42.5 Å². The molecular formula is C19H20F2N2O2. The van der Waals surface area contributed by atoms with Gasteiger partial charge < -0.3 is 10.1 Å². The summed E-state index contributed by atoms with van der Waals surface area (Å²) in [5.41, 5.74) is 1.07. The third kappa shape index (κ3) is 4.76. The van der Waals surface area contributed by atoms with E-state index in [0.717, 1.165) is 36.3 Å². The van der Waals surface area contributed by atoms with Crippen LogP contribution in [0.3, 0.4) is 0 Å². The first-order valence-corrected chi connectivity index (χ1v) is 8.17. The third-order valence-corrected chi connectivity index (χ3v) is 4.16. The summed E-state index contributed by atoms with van der Waals surface area (Å²) in [6.07, 6.45) is 2.10. The van der Waals surface area contributed by atoms with E-state index in [1.54, 1.807) is 7.11 Å². The number of nitrogens with zero attached hydrogens (tertiary/aromatic N) is 1. The lowest BCUT2D eigenvalue weighted by atomic mass is 10.2. The van der Waals surface area contributed by atoms with Crippen LogP contribution in [-0.2, 0) is 11.3 Å². The Morgan fingerprint density at radius 3 is 2.52 bits per heavy atom. The van der Waals surface area contributed by atoms with E-state index in [2.05, 4.69) is 10.2 Å². The van der Waals surface area contributed by atoms with Crippen molar-refractivity contribution in [1.29, 1.82) is 0 Å². The van der Waals surface area contributed by atoms with Crippen LogP contribution < -0.4 is 10.1 Å². The van der Waals surface area contributed by atoms with E-state index in [1.165, 1.54) is 6.07 Å².